The highest BCUT2D eigenvalue weighted by Gasteiger charge is 2.42. The zero-order valence-electron chi connectivity index (χ0n) is 16.1. The molecule has 1 fully saturated rings. The zero-order chi connectivity index (χ0) is 18.6. The average molecular weight is 485 g/mol. The number of halogens is 1. The lowest BCUT2D eigenvalue weighted by Gasteiger charge is -2.31. The van der Waals surface area contributed by atoms with Crippen LogP contribution in [0.15, 0.2) is 29.4 Å². The van der Waals surface area contributed by atoms with Crippen LogP contribution in [0.2, 0.25) is 0 Å². The summed E-state index contributed by atoms with van der Waals surface area (Å²) in [5, 5.41) is 15.0. The lowest BCUT2D eigenvalue weighted by atomic mass is 9.84. The summed E-state index contributed by atoms with van der Waals surface area (Å²) in [4.78, 5) is 18.6. The molecule has 2 aromatic heterocycles. The number of pyridine rings is 1. The lowest BCUT2D eigenvalue weighted by Crippen LogP contribution is -2.49. The molecule has 9 heteroatoms. The number of fused-ring (bicyclic) bond motifs is 1. The number of aromatic nitrogens is 3. The first-order chi connectivity index (χ1) is 12.6. The van der Waals surface area contributed by atoms with E-state index in [1.54, 1.807) is 11.9 Å². The number of carbonyl (C=O) groups excluding carboxylic acids is 1. The third kappa shape index (κ3) is 4.69. The number of aliphatic imine (C=N–C) groups is 1. The van der Waals surface area contributed by atoms with Gasteiger partial charge in [-0.1, -0.05) is 18.9 Å². The van der Waals surface area contributed by atoms with Crippen LogP contribution >= 0.6 is 24.0 Å². The molecule has 1 saturated carbocycles. The summed E-state index contributed by atoms with van der Waals surface area (Å²) < 4.78 is 1.94. The van der Waals surface area contributed by atoms with Gasteiger partial charge in [0, 0.05) is 33.9 Å². The maximum Gasteiger partial charge on any atom is 0.230 e. The Morgan fingerprint density at radius 3 is 2.67 bits per heavy atom. The molecule has 1 aliphatic carbocycles. The standard InChI is InChI=1S/C18H27N7O.HI/c1-19-17(20-12-15-23-22-14-8-4-7-11-25(14)15)21-13-18(9-5-6-10-18)16(26)24(2)3;/h4,7-8,11H,5-6,9-10,12-13H2,1-3H3,(H2,19,20,21);1H. The smallest absolute Gasteiger partial charge is 0.230 e. The Kier molecular flexibility index (Phi) is 7.40. The van der Waals surface area contributed by atoms with E-state index in [2.05, 4.69) is 25.8 Å². The molecule has 0 aliphatic heterocycles. The summed E-state index contributed by atoms with van der Waals surface area (Å²) in [7, 11) is 5.38. The summed E-state index contributed by atoms with van der Waals surface area (Å²) in [6, 6.07) is 5.80. The van der Waals surface area contributed by atoms with Crippen LogP contribution in [0.1, 0.15) is 31.5 Å². The molecule has 3 rings (SSSR count). The lowest BCUT2D eigenvalue weighted by molar-refractivity contribution is -0.138. The molecule has 8 nitrogen and oxygen atoms in total. The minimum Gasteiger partial charge on any atom is -0.355 e. The highest BCUT2D eigenvalue weighted by atomic mass is 127. The normalized spacial score (nSPS) is 16.0. The molecule has 148 valence electrons. The van der Waals surface area contributed by atoms with Gasteiger partial charge in [0.15, 0.2) is 17.4 Å². The Hall–Kier alpha value is -1.91. The van der Waals surface area contributed by atoms with E-state index in [4.69, 9.17) is 0 Å². The topological polar surface area (TPSA) is 86.9 Å². The second kappa shape index (κ2) is 9.34. The fourth-order valence-electron chi connectivity index (χ4n) is 3.64. The molecule has 0 radical (unpaired) electrons. The highest BCUT2D eigenvalue weighted by Crippen LogP contribution is 2.38. The van der Waals surface area contributed by atoms with Crippen molar-refractivity contribution in [2.24, 2.45) is 10.4 Å². The van der Waals surface area contributed by atoms with Crippen molar-refractivity contribution in [2.45, 2.75) is 32.2 Å². The minimum absolute atomic E-state index is 0. The molecule has 0 spiro atoms. The van der Waals surface area contributed by atoms with Gasteiger partial charge >= 0.3 is 0 Å². The van der Waals surface area contributed by atoms with E-state index >= 15 is 0 Å². The van der Waals surface area contributed by atoms with Gasteiger partial charge in [-0.15, -0.1) is 34.2 Å². The quantitative estimate of drug-likeness (QED) is 0.382. The largest absolute Gasteiger partial charge is 0.355 e. The van der Waals surface area contributed by atoms with Crippen LogP contribution in [0.3, 0.4) is 0 Å². The van der Waals surface area contributed by atoms with Crippen LogP contribution < -0.4 is 10.6 Å². The minimum atomic E-state index is -0.331. The summed E-state index contributed by atoms with van der Waals surface area (Å²) in [5.41, 5.74) is 0.483. The molecular formula is C18H28IN7O. The van der Waals surface area contributed by atoms with Crippen molar-refractivity contribution < 1.29 is 4.79 Å². The first-order valence-corrected chi connectivity index (χ1v) is 9.01. The van der Waals surface area contributed by atoms with Gasteiger partial charge in [-0.2, -0.15) is 0 Å². The fourth-order valence-corrected chi connectivity index (χ4v) is 3.64. The number of hydrogen-bond acceptors (Lipinski definition) is 4. The van der Waals surface area contributed by atoms with E-state index in [0.717, 1.165) is 37.2 Å². The van der Waals surface area contributed by atoms with E-state index in [0.29, 0.717) is 19.0 Å². The van der Waals surface area contributed by atoms with Crippen LogP contribution in [0.4, 0.5) is 0 Å². The Morgan fingerprint density at radius 2 is 2.00 bits per heavy atom. The predicted octanol–water partition coefficient (Wildman–Crippen LogP) is 1.66. The summed E-state index contributed by atoms with van der Waals surface area (Å²) in [6.07, 6.45) is 5.97. The van der Waals surface area contributed by atoms with E-state index in [9.17, 15) is 4.79 Å². The van der Waals surface area contributed by atoms with Crippen LogP contribution in [-0.2, 0) is 11.3 Å². The van der Waals surface area contributed by atoms with E-state index in [1.165, 1.54) is 0 Å². The third-order valence-electron chi connectivity index (χ3n) is 5.04. The number of amides is 1. The molecule has 0 aromatic carbocycles. The predicted molar refractivity (Wildman–Crippen MR) is 116 cm³/mol. The third-order valence-corrected chi connectivity index (χ3v) is 5.04. The molecule has 0 saturated heterocycles. The fraction of sp³-hybridized carbons (Fsp3) is 0.556. The average Bonchev–Trinajstić information content (AvgIpc) is 3.29. The first kappa shape index (κ1) is 21.4. The van der Waals surface area contributed by atoms with Crippen molar-refractivity contribution in [1.82, 2.24) is 30.1 Å². The second-order valence-corrected chi connectivity index (χ2v) is 7.01. The molecule has 27 heavy (non-hydrogen) atoms. The van der Waals surface area contributed by atoms with Crippen LogP contribution in [0.25, 0.3) is 5.65 Å². The molecule has 0 atom stereocenters. The van der Waals surface area contributed by atoms with Crippen LogP contribution in [0.5, 0.6) is 0 Å². The van der Waals surface area contributed by atoms with Crippen molar-refractivity contribution in [3.05, 3.63) is 30.2 Å². The van der Waals surface area contributed by atoms with Gasteiger partial charge in [0.25, 0.3) is 0 Å². The summed E-state index contributed by atoms with van der Waals surface area (Å²) in [6.45, 7) is 1.09. The number of nitrogens with zero attached hydrogens (tertiary/aromatic N) is 5. The maximum atomic E-state index is 12.7. The zero-order valence-corrected chi connectivity index (χ0v) is 18.4. The highest BCUT2D eigenvalue weighted by molar-refractivity contribution is 14.0. The van der Waals surface area contributed by atoms with Gasteiger partial charge in [0.2, 0.25) is 5.91 Å². The van der Waals surface area contributed by atoms with Crippen molar-refractivity contribution in [3.63, 3.8) is 0 Å². The second-order valence-electron chi connectivity index (χ2n) is 7.01. The van der Waals surface area contributed by atoms with Crippen molar-refractivity contribution in [2.75, 3.05) is 27.7 Å². The Balaban J connectivity index is 0.00000261. The summed E-state index contributed by atoms with van der Waals surface area (Å²) in [5.74, 6) is 1.67. The van der Waals surface area contributed by atoms with Gasteiger partial charge in [-0.3, -0.25) is 14.2 Å². The van der Waals surface area contributed by atoms with Crippen molar-refractivity contribution in [1.29, 1.82) is 0 Å². The number of hydrogen-bond donors (Lipinski definition) is 2. The Morgan fingerprint density at radius 1 is 1.26 bits per heavy atom. The monoisotopic (exact) mass is 485 g/mol. The molecular weight excluding hydrogens is 457 g/mol. The van der Waals surface area contributed by atoms with Gasteiger partial charge < -0.3 is 15.5 Å². The van der Waals surface area contributed by atoms with Gasteiger partial charge in [0.1, 0.15) is 0 Å². The van der Waals surface area contributed by atoms with Gasteiger partial charge in [-0.05, 0) is 25.0 Å². The molecule has 1 aliphatic rings. The number of guanidine groups is 1. The van der Waals surface area contributed by atoms with E-state index < -0.39 is 0 Å². The number of rotatable bonds is 5. The summed E-state index contributed by atoms with van der Waals surface area (Å²) >= 11 is 0. The Labute approximate surface area is 176 Å². The van der Waals surface area contributed by atoms with E-state index in [-0.39, 0.29) is 35.3 Å². The van der Waals surface area contributed by atoms with Gasteiger partial charge in [-0.25, -0.2) is 0 Å². The van der Waals surface area contributed by atoms with Crippen LogP contribution in [0, 0.1) is 5.41 Å². The molecule has 0 unspecified atom stereocenters. The molecule has 1 amide bonds. The van der Waals surface area contributed by atoms with Crippen molar-refractivity contribution >= 4 is 41.5 Å². The van der Waals surface area contributed by atoms with Gasteiger partial charge in [0.05, 0.1) is 12.0 Å². The molecule has 2 heterocycles. The van der Waals surface area contributed by atoms with Crippen molar-refractivity contribution in [3.8, 4) is 0 Å². The first-order valence-electron chi connectivity index (χ1n) is 9.01. The SMILES string of the molecule is CN=C(NCc1nnc2ccccn12)NCC1(C(=O)N(C)C)CCCC1.I. The number of carbonyl (C=O) groups is 1. The Bertz CT molecular complexity index is 796. The molecule has 0 bridgehead atoms. The maximum absolute atomic E-state index is 12.7. The van der Waals surface area contributed by atoms with Crippen LogP contribution in [-0.4, -0.2) is 59.1 Å². The van der Waals surface area contributed by atoms with E-state index in [1.807, 2.05) is 42.9 Å². The number of nitrogens with one attached hydrogen (secondary N) is 2. The molecule has 2 N–H and O–H groups in total. The molecule has 2 aromatic rings.